The van der Waals surface area contributed by atoms with Crippen LogP contribution in [0.5, 0.6) is 0 Å². The summed E-state index contributed by atoms with van der Waals surface area (Å²) in [5, 5.41) is 13.1. The third-order valence-corrected chi connectivity index (χ3v) is 2.87. The quantitative estimate of drug-likeness (QED) is 0.729. The Morgan fingerprint density at radius 3 is 3.15 bits per heavy atom. The van der Waals surface area contributed by atoms with Crippen molar-refractivity contribution in [2.24, 2.45) is 0 Å². The number of aliphatic hydroxyl groups excluding tert-OH is 1. The Kier molecular flexibility index (Phi) is 2.67. The first kappa shape index (κ1) is 9.19. The van der Waals surface area contributed by atoms with Crippen LogP contribution in [-0.2, 0) is 6.54 Å². The summed E-state index contributed by atoms with van der Waals surface area (Å²) in [6.07, 6.45) is 0.493. The molecule has 0 bridgehead atoms. The SMILES string of the molecule is OC1CCNCc2cc(Br)ccc21. The van der Waals surface area contributed by atoms with Gasteiger partial charge in [-0.3, -0.25) is 0 Å². The fourth-order valence-corrected chi connectivity index (χ4v) is 2.08. The molecule has 0 amide bonds. The van der Waals surface area contributed by atoms with Crippen molar-refractivity contribution in [2.75, 3.05) is 6.54 Å². The maximum Gasteiger partial charge on any atom is 0.0805 e. The monoisotopic (exact) mass is 241 g/mol. The predicted molar refractivity (Wildman–Crippen MR) is 55.4 cm³/mol. The van der Waals surface area contributed by atoms with E-state index in [1.54, 1.807) is 0 Å². The molecule has 2 rings (SSSR count). The van der Waals surface area contributed by atoms with Crippen molar-refractivity contribution in [3.63, 3.8) is 0 Å². The van der Waals surface area contributed by atoms with E-state index in [0.29, 0.717) is 0 Å². The van der Waals surface area contributed by atoms with Crippen LogP contribution >= 0.6 is 15.9 Å². The van der Waals surface area contributed by atoms with E-state index in [4.69, 9.17) is 0 Å². The molecule has 1 heterocycles. The molecule has 0 spiro atoms. The summed E-state index contributed by atoms with van der Waals surface area (Å²) in [4.78, 5) is 0. The first-order valence-electron chi connectivity index (χ1n) is 4.44. The zero-order chi connectivity index (χ0) is 9.26. The Labute approximate surface area is 86.1 Å². The number of halogens is 1. The van der Waals surface area contributed by atoms with E-state index >= 15 is 0 Å². The molecule has 2 N–H and O–H groups in total. The van der Waals surface area contributed by atoms with Crippen molar-refractivity contribution < 1.29 is 5.11 Å². The standard InChI is InChI=1S/C10H12BrNO/c11-8-1-2-9-7(5-8)6-12-4-3-10(9)13/h1-2,5,10,12-13H,3-4,6H2. The zero-order valence-corrected chi connectivity index (χ0v) is 8.84. The van der Waals surface area contributed by atoms with E-state index in [1.165, 1.54) is 5.56 Å². The van der Waals surface area contributed by atoms with Crippen LogP contribution in [0.4, 0.5) is 0 Å². The fourth-order valence-electron chi connectivity index (χ4n) is 1.67. The minimum atomic E-state index is -0.307. The maximum atomic E-state index is 9.78. The van der Waals surface area contributed by atoms with Gasteiger partial charge in [0.15, 0.2) is 0 Å². The number of aliphatic hydroxyl groups is 1. The second kappa shape index (κ2) is 3.78. The van der Waals surface area contributed by atoms with Crippen LogP contribution in [0.2, 0.25) is 0 Å². The van der Waals surface area contributed by atoms with Gasteiger partial charge in [0.2, 0.25) is 0 Å². The van der Waals surface area contributed by atoms with Gasteiger partial charge in [0.1, 0.15) is 0 Å². The van der Waals surface area contributed by atoms with Crippen LogP contribution in [0.3, 0.4) is 0 Å². The third-order valence-electron chi connectivity index (χ3n) is 2.37. The molecule has 0 radical (unpaired) electrons. The van der Waals surface area contributed by atoms with E-state index in [1.807, 2.05) is 12.1 Å². The molecule has 13 heavy (non-hydrogen) atoms. The lowest BCUT2D eigenvalue weighted by Crippen LogP contribution is -2.12. The van der Waals surface area contributed by atoms with Crippen LogP contribution in [0.1, 0.15) is 23.7 Å². The first-order valence-corrected chi connectivity index (χ1v) is 5.24. The predicted octanol–water partition coefficient (Wildman–Crippen LogP) is 1.98. The van der Waals surface area contributed by atoms with Gasteiger partial charge in [-0.15, -0.1) is 0 Å². The van der Waals surface area contributed by atoms with Crippen LogP contribution < -0.4 is 5.32 Å². The Bertz CT molecular complexity index is 314. The molecule has 1 aromatic rings. The highest BCUT2D eigenvalue weighted by molar-refractivity contribution is 9.10. The van der Waals surface area contributed by atoms with Gasteiger partial charge >= 0.3 is 0 Å². The molecular weight excluding hydrogens is 230 g/mol. The molecule has 1 unspecified atom stereocenters. The number of hydrogen-bond acceptors (Lipinski definition) is 2. The average Bonchev–Trinajstić information content (AvgIpc) is 2.28. The van der Waals surface area contributed by atoms with Crippen molar-refractivity contribution in [1.29, 1.82) is 0 Å². The highest BCUT2D eigenvalue weighted by Gasteiger charge is 2.15. The van der Waals surface area contributed by atoms with Crippen molar-refractivity contribution in [1.82, 2.24) is 5.32 Å². The summed E-state index contributed by atoms with van der Waals surface area (Å²) >= 11 is 3.43. The van der Waals surface area contributed by atoms with Gasteiger partial charge in [0, 0.05) is 11.0 Å². The summed E-state index contributed by atoms with van der Waals surface area (Å²) in [7, 11) is 0. The van der Waals surface area contributed by atoms with E-state index in [-0.39, 0.29) is 6.10 Å². The van der Waals surface area contributed by atoms with Gasteiger partial charge in [-0.05, 0) is 36.2 Å². The van der Waals surface area contributed by atoms with Gasteiger partial charge < -0.3 is 10.4 Å². The minimum absolute atomic E-state index is 0.307. The largest absolute Gasteiger partial charge is 0.388 e. The van der Waals surface area contributed by atoms with Crippen LogP contribution in [0, 0.1) is 0 Å². The molecule has 0 aliphatic carbocycles. The van der Waals surface area contributed by atoms with Crippen molar-refractivity contribution >= 4 is 15.9 Å². The third kappa shape index (κ3) is 1.93. The van der Waals surface area contributed by atoms with E-state index in [9.17, 15) is 5.11 Å². The summed E-state index contributed by atoms with van der Waals surface area (Å²) in [6.45, 7) is 1.74. The average molecular weight is 242 g/mol. The Morgan fingerprint density at radius 2 is 2.31 bits per heavy atom. The fraction of sp³-hybridized carbons (Fsp3) is 0.400. The second-order valence-corrected chi connectivity index (χ2v) is 4.24. The summed E-state index contributed by atoms with van der Waals surface area (Å²) in [5.41, 5.74) is 2.26. The summed E-state index contributed by atoms with van der Waals surface area (Å²) < 4.78 is 1.07. The molecule has 1 aliphatic rings. The van der Waals surface area contributed by atoms with Crippen molar-refractivity contribution in [2.45, 2.75) is 19.1 Å². The smallest absolute Gasteiger partial charge is 0.0805 e. The lowest BCUT2D eigenvalue weighted by molar-refractivity contribution is 0.170. The Balaban J connectivity index is 2.42. The van der Waals surface area contributed by atoms with Gasteiger partial charge in [0.25, 0.3) is 0 Å². The molecule has 0 aromatic heterocycles. The van der Waals surface area contributed by atoms with Gasteiger partial charge in [-0.25, -0.2) is 0 Å². The number of hydrogen-bond donors (Lipinski definition) is 2. The molecular formula is C10H12BrNO. The molecule has 0 saturated heterocycles. The lowest BCUT2D eigenvalue weighted by atomic mass is 10.0. The Morgan fingerprint density at radius 1 is 1.46 bits per heavy atom. The van der Waals surface area contributed by atoms with E-state index < -0.39 is 0 Å². The lowest BCUT2D eigenvalue weighted by Gasteiger charge is -2.10. The number of fused-ring (bicyclic) bond motifs is 1. The molecule has 1 atom stereocenters. The summed E-state index contributed by atoms with van der Waals surface area (Å²) in [6, 6.07) is 6.04. The van der Waals surface area contributed by atoms with E-state index in [2.05, 4.69) is 27.3 Å². The first-order chi connectivity index (χ1) is 6.27. The second-order valence-electron chi connectivity index (χ2n) is 3.32. The normalized spacial score (nSPS) is 22.2. The van der Waals surface area contributed by atoms with Crippen LogP contribution in [-0.4, -0.2) is 11.7 Å². The summed E-state index contributed by atoms with van der Waals surface area (Å²) in [5.74, 6) is 0. The maximum absolute atomic E-state index is 9.78. The Hall–Kier alpha value is -0.380. The topological polar surface area (TPSA) is 32.3 Å². The molecule has 0 fully saturated rings. The van der Waals surface area contributed by atoms with Crippen molar-refractivity contribution in [3.8, 4) is 0 Å². The van der Waals surface area contributed by atoms with Gasteiger partial charge in [-0.1, -0.05) is 22.0 Å². The van der Waals surface area contributed by atoms with Crippen molar-refractivity contribution in [3.05, 3.63) is 33.8 Å². The van der Waals surface area contributed by atoms with Gasteiger partial charge in [-0.2, -0.15) is 0 Å². The number of rotatable bonds is 0. The molecule has 3 heteroatoms. The van der Waals surface area contributed by atoms with Crippen LogP contribution in [0.15, 0.2) is 22.7 Å². The molecule has 1 aliphatic heterocycles. The molecule has 2 nitrogen and oxygen atoms in total. The highest BCUT2D eigenvalue weighted by atomic mass is 79.9. The molecule has 70 valence electrons. The zero-order valence-electron chi connectivity index (χ0n) is 7.26. The highest BCUT2D eigenvalue weighted by Crippen LogP contribution is 2.25. The number of benzene rings is 1. The minimum Gasteiger partial charge on any atom is -0.388 e. The number of nitrogens with one attached hydrogen (secondary N) is 1. The molecule has 0 saturated carbocycles. The van der Waals surface area contributed by atoms with Crippen LogP contribution in [0.25, 0.3) is 0 Å². The van der Waals surface area contributed by atoms with E-state index in [0.717, 1.165) is 29.5 Å². The van der Waals surface area contributed by atoms with Gasteiger partial charge in [0.05, 0.1) is 6.10 Å². The molecule has 1 aromatic carbocycles.